The number of rotatable bonds is 4. The molecule has 7 nitrogen and oxygen atoms in total. The van der Waals surface area contributed by atoms with E-state index in [0.717, 1.165) is 0 Å². The van der Waals surface area contributed by atoms with Gasteiger partial charge >= 0.3 is 0 Å². The van der Waals surface area contributed by atoms with E-state index in [9.17, 15) is 9.59 Å². The van der Waals surface area contributed by atoms with Gasteiger partial charge in [0.1, 0.15) is 18.4 Å². The van der Waals surface area contributed by atoms with Gasteiger partial charge in [0.15, 0.2) is 11.5 Å². The molecule has 23 heavy (non-hydrogen) atoms. The van der Waals surface area contributed by atoms with E-state index in [1.807, 2.05) is 0 Å². The molecule has 1 atom stereocenters. The van der Waals surface area contributed by atoms with E-state index in [2.05, 4.69) is 22.5 Å². The molecular formula is C16H16N2O5. The highest BCUT2D eigenvalue weighted by Crippen LogP contribution is 2.34. The van der Waals surface area contributed by atoms with E-state index in [1.165, 1.54) is 0 Å². The minimum absolute atomic E-state index is 0.0895. The third-order valence-corrected chi connectivity index (χ3v) is 3.44. The van der Waals surface area contributed by atoms with Crippen molar-refractivity contribution in [2.45, 2.75) is 18.9 Å². The van der Waals surface area contributed by atoms with E-state index < -0.39 is 6.04 Å². The highest BCUT2D eigenvalue weighted by Gasteiger charge is 2.26. The highest BCUT2D eigenvalue weighted by molar-refractivity contribution is 5.90. The summed E-state index contributed by atoms with van der Waals surface area (Å²) < 4.78 is 15.9. The fourth-order valence-corrected chi connectivity index (χ4v) is 2.26. The van der Waals surface area contributed by atoms with Gasteiger partial charge in [0.05, 0.1) is 6.54 Å². The first kappa shape index (κ1) is 15.0. The Balaban J connectivity index is 1.37. The molecule has 2 aliphatic heterocycles. The number of ether oxygens (including phenoxy) is 3. The average molecular weight is 316 g/mol. The Kier molecular flexibility index (Phi) is 4.52. The molecule has 1 aromatic rings. The lowest BCUT2D eigenvalue weighted by molar-refractivity contribution is -0.125. The van der Waals surface area contributed by atoms with Gasteiger partial charge in [0, 0.05) is 12.5 Å². The zero-order valence-electron chi connectivity index (χ0n) is 12.4. The standard InChI is InChI=1S/C16H16N2O5/c19-15-6-4-12(18-15)16(20)17-7-1-2-8-21-11-3-5-13-14(9-11)23-10-22-13/h3,5,9,12H,4,6-8,10H2,(H,17,20)(H,18,19). The highest BCUT2D eigenvalue weighted by atomic mass is 16.7. The second-order valence-electron chi connectivity index (χ2n) is 5.03. The SMILES string of the molecule is O=C1CCC(C(=O)NCC#CCOc2ccc3c(c2)OCO3)N1. The quantitative estimate of drug-likeness (QED) is 0.775. The number of carbonyl (C=O) groups excluding carboxylic acids is 2. The van der Waals surface area contributed by atoms with Crippen molar-refractivity contribution in [3.8, 4) is 29.1 Å². The Hall–Kier alpha value is -2.88. The fourth-order valence-electron chi connectivity index (χ4n) is 2.26. The number of nitrogens with one attached hydrogen (secondary N) is 2. The Morgan fingerprint density at radius 3 is 3.04 bits per heavy atom. The second-order valence-corrected chi connectivity index (χ2v) is 5.03. The van der Waals surface area contributed by atoms with E-state index in [0.29, 0.717) is 30.1 Å². The van der Waals surface area contributed by atoms with Crippen LogP contribution in [-0.4, -0.2) is 37.8 Å². The molecule has 1 saturated heterocycles. The first-order chi connectivity index (χ1) is 11.2. The van der Waals surface area contributed by atoms with E-state index in [4.69, 9.17) is 14.2 Å². The lowest BCUT2D eigenvalue weighted by Gasteiger charge is -2.08. The van der Waals surface area contributed by atoms with Crippen LogP contribution in [0.3, 0.4) is 0 Å². The third-order valence-electron chi connectivity index (χ3n) is 3.44. The van der Waals surface area contributed by atoms with Crippen LogP contribution in [-0.2, 0) is 9.59 Å². The normalized spacial score (nSPS) is 17.9. The van der Waals surface area contributed by atoms with Crippen molar-refractivity contribution in [3.05, 3.63) is 18.2 Å². The Bertz CT molecular complexity index is 677. The van der Waals surface area contributed by atoms with Crippen LogP contribution in [0.15, 0.2) is 18.2 Å². The summed E-state index contributed by atoms with van der Waals surface area (Å²) in [5.74, 6) is 7.31. The minimum Gasteiger partial charge on any atom is -0.481 e. The van der Waals surface area contributed by atoms with Gasteiger partial charge in [-0.2, -0.15) is 0 Å². The summed E-state index contributed by atoms with van der Waals surface area (Å²) in [4.78, 5) is 22.7. The van der Waals surface area contributed by atoms with Gasteiger partial charge in [-0.05, 0) is 18.6 Å². The molecular weight excluding hydrogens is 300 g/mol. The van der Waals surface area contributed by atoms with Crippen LogP contribution in [0.25, 0.3) is 0 Å². The lowest BCUT2D eigenvalue weighted by Crippen LogP contribution is -2.41. The van der Waals surface area contributed by atoms with Crippen LogP contribution in [0.4, 0.5) is 0 Å². The van der Waals surface area contributed by atoms with Gasteiger partial charge in [-0.25, -0.2) is 0 Å². The molecule has 1 aromatic carbocycles. The van der Waals surface area contributed by atoms with Gasteiger partial charge in [-0.3, -0.25) is 9.59 Å². The maximum Gasteiger partial charge on any atom is 0.243 e. The number of hydrogen-bond acceptors (Lipinski definition) is 5. The minimum atomic E-state index is -0.436. The molecule has 0 aromatic heterocycles. The van der Waals surface area contributed by atoms with Gasteiger partial charge in [-0.15, -0.1) is 0 Å². The maximum atomic E-state index is 11.7. The summed E-state index contributed by atoms with van der Waals surface area (Å²) in [6.45, 7) is 0.644. The molecule has 120 valence electrons. The zero-order chi connectivity index (χ0) is 16.1. The van der Waals surface area contributed by atoms with Crippen molar-refractivity contribution in [2.24, 2.45) is 0 Å². The van der Waals surface area contributed by atoms with Crippen molar-refractivity contribution < 1.29 is 23.8 Å². The van der Waals surface area contributed by atoms with E-state index in [1.54, 1.807) is 18.2 Å². The van der Waals surface area contributed by atoms with Crippen molar-refractivity contribution in [1.82, 2.24) is 10.6 Å². The van der Waals surface area contributed by atoms with Crippen molar-refractivity contribution in [2.75, 3.05) is 19.9 Å². The lowest BCUT2D eigenvalue weighted by atomic mass is 10.2. The summed E-state index contributed by atoms with van der Waals surface area (Å²) in [5.41, 5.74) is 0. The zero-order valence-corrected chi connectivity index (χ0v) is 12.4. The number of amides is 2. The predicted octanol–water partition coefficient (Wildman–Crippen LogP) is 0.192. The predicted molar refractivity (Wildman–Crippen MR) is 80.0 cm³/mol. The first-order valence-electron chi connectivity index (χ1n) is 7.27. The topological polar surface area (TPSA) is 85.9 Å². The van der Waals surface area contributed by atoms with Crippen LogP contribution in [0, 0.1) is 11.8 Å². The summed E-state index contributed by atoms with van der Waals surface area (Å²) in [6, 6.07) is 4.87. The molecule has 1 unspecified atom stereocenters. The third kappa shape index (κ3) is 3.86. The summed E-state index contributed by atoms with van der Waals surface area (Å²) in [5, 5.41) is 5.26. The monoisotopic (exact) mass is 316 g/mol. The van der Waals surface area contributed by atoms with Gasteiger partial charge in [0.2, 0.25) is 18.6 Å². The first-order valence-corrected chi connectivity index (χ1v) is 7.27. The van der Waals surface area contributed by atoms with Crippen molar-refractivity contribution in [1.29, 1.82) is 0 Å². The Morgan fingerprint density at radius 2 is 2.22 bits per heavy atom. The molecule has 0 saturated carbocycles. The molecule has 7 heteroatoms. The smallest absolute Gasteiger partial charge is 0.243 e. The van der Waals surface area contributed by atoms with Gasteiger partial charge < -0.3 is 24.8 Å². The molecule has 3 rings (SSSR count). The largest absolute Gasteiger partial charge is 0.481 e. The Labute approximate surface area is 133 Å². The summed E-state index contributed by atoms with van der Waals surface area (Å²) >= 11 is 0. The molecule has 2 heterocycles. The van der Waals surface area contributed by atoms with Crippen LogP contribution in [0.1, 0.15) is 12.8 Å². The molecule has 2 amide bonds. The van der Waals surface area contributed by atoms with Crippen molar-refractivity contribution in [3.63, 3.8) is 0 Å². The Morgan fingerprint density at radius 1 is 1.35 bits per heavy atom. The molecule has 1 fully saturated rings. The van der Waals surface area contributed by atoms with Gasteiger partial charge in [-0.1, -0.05) is 11.8 Å². The summed E-state index contributed by atoms with van der Waals surface area (Å²) in [6.07, 6.45) is 0.929. The number of hydrogen-bond donors (Lipinski definition) is 2. The second kappa shape index (κ2) is 6.92. The number of benzene rings is 1. The van der Waals surface area contributed by atoms with Crippen LogP contribution in [0.5, 0.6) is 17.2 Å². The van der Waals surface area contributed by atoms with E-state index in [-0.39, 0.29) is 31.8 Å². The molecule has 2 N–H and O–H groups in total. The molecule has 2 aliphatic rings. The number of carbonyl (C=O) groups is 2. The van der Waals surface area contributed by atoms with Gasteiger partial charge in [0.25, 0.3) is 0 Å². The molecule has 0 spiro atoms. The molecule has 0 radical (unpaired) electrons. The number of fused-ring (bicyclic) bond motifs is 1. The van der Waals surface area contributed by atoms with Crippen molar-refractivity contribution >= 4 is 11.8 Å². The van der Waals surface area contributed by atoms with E-state index >= 15 is 0 Å². The summed E-state index contributed by atoms with van der Waals surface area (Å²) in [7, 11) is 0. The molecule has 0 bridgehead atoms. The fraction of sp³-hybridized carbons (Fsp3) is 0.375. The van der Waals surface area contributed by atoms with Crippen LogP contribution in [0.2, 0.25) is 0 Å². The molecule has 0 aliphatic carbocycles. The van der Waals surface area contributed by atoms with Crippen LogP contribution < -0.4 is 24.8 Å². The maximum absolute atomic E-state index is 11.7. The van der Waals surface area contributed by atoms with Crippen LogP contribution >= 0.6 is 0 Å². The average Bonchev–Trinajstić information content (AvgIpc) is 3.18.